The minimum absolute atomic E-state index is 0.191. The molecule has 4 nitrogen and oxygen atoms in total. The fraction of sp³-hybridized carbons (Fsp3) is 0.0714. The zero-order valence-corrected chi connectivity index (χ0v) is 10.8. The van der Waals surface area contributed by atoms with Crippen molar-refractivity contribution < 1.29 is 14.4 Å². The molecule has 0 aliphatic heterocycles. The third-order valence-corrected chi connectivity index (χ3v) is 2.53. The van der Waals surface area contributed by atoms with Crippen LogP contribution in [0.1, 0.15) is 5.56 Å². The van der Waals surface area contributed by atoms with Crippen molar-refractivity contribution in [3.05, 3.63) is 65.2 Å². The van der Waals surface area contributed by atoms with Gasteiger partial charge in [-0.25, -0.2) is 4.79 Å². The predicted octanol–water partition coefficient (Wildman–Crippen LogP) is 3.56. The first-order chi connectivity index (χ1) is 9.24. The number of hydroxylamine groups is 1. The topological polar surface area (TPSA) is 47.6 Å². The second kappa shape index (κ2) is 6.66. The van der Waals surface area contributed by atoms with Crippen LogP contribution < -0.4 is 10.3 Å². The second-order valence-corrected chi connectivity index (χ2v) is 4.16. The molecule has 0 unspecified atom stereocenters. The van der Waals surface area contributed by atoms with Gasteiger partial charge in [0.05, 0.1) is 0 Å². The largest absolute Gasteiger partial charge is 0.443 e. The van der Waals surface area contributed by atoms with Gasteiger partial charge in [0.25, 0.3) is 0 Å². The number of halogens is 1. The zero-order valence-electron chi connectivity index (χ0n) is 10.0. The minimum Gasteiger partial charge on any atom is -0.443 e. The summed E-state index contributed by atoms with van der Waals surface area (Å²) in [5.41, 5.74) is 3.09. The summed E-state index contributed by atoms with van der Waals surface area (Å²) in [5, 5.41) is 0.596. The van der Waals surface area contributed by atoms with E-state index in [4.69, 9.17) is 21.2 Å². The van der Waals surface area contributed by atoms with Crippen LogP contribution in [0.15, 0.2) is 54.6 Å². The Kier molecular flexibility index (Phi) is 4.64. The summed E-state index contributed by atoms with van der Waals surface area (Å²) in [6, 6.07) is 16.0. The lowest BCUT2D eigenvalue weighted by Crippen LogP contribution is -2.27. The molecule has 0 aliphatic rings. The van der Waals surface area contributed by atoms with Crippen molar-refractivity contribution in [1.82, 2.24) is 5.48 Å². The number of rotatable bonds is 4. The Balaban J connectivity index is 1.74. The van der Waals surface area contributed by atoms with E-state index in [-0.39, 0.29) is 6.61 Å². The first-order valence-electron chi connectivity index (χ1n) is 5.63. The Bertz CT molecular complexity index is 528. The molecule has 19 heavy (non-hydrogen) atoms. The molecular formula is C14H12ClNO3. The molecule has 1 N–H and O–H groups in total. The highest BCUT2D eigenvalue weighted by molar-refractivity contribution is 6.30. The fourth-order valence-electron chi connectivity index (χ4n) is 1.36. The van der Waals surface area contributed by atoms with Crippen LogP contribution in [0.25, 0.3) is 0 Å². The molecule has 0 atom stereocenters. The van der Waals surface area contributed by atoms with Gasteiger partial charge in [-0.05, 0) is 29.8 Å². The summed E-state index contributed by atoms with van der Waals surface area (Å²) in [4.78, 5) is 16.4. The Morgan fingerprint density at radius 2 is 1.74 bits per heavy atom. The van der Waals surface area contributed by atoms with Gasteiger partial charge in [0, 0.05) is 5.02 Å². The molecule has 2 aromatic carbocycles. The van der Waals surface area contributed by atoms with Crippen molar-refractivity contribution in [1.29, 1.82) is 0 Å². The third-order valence-electron chi connectivity index (χ3n) is 2.28. The van der Waals surface area contributed by atoms with Crippen LogP contribution >= 0.6 is 11.6 Å². The molecule has 98 valence electrons. The first-order valence-corrected chi connectivity index (χ1v) is 6.01. The number of benzene rings is 2. The van der Waals surface area contributed by atoms with E-state index in [9.17, 15) is 4.79 Å². The van der Waals surface area contributed by atoms with Crippen LogP contribution in [0.5, 0.6) is 5.75 Å². The van der Waals surface area contributed by atoms with Crippen molar-refractivity contribution >= 4 is 17.7 Å². The van der Waals surface area contributed by atoms with Gasteiger partial charge in [-0.2, -0.15) is 5.48 Å². The molecule has 1 amide bonds. The van der Waals surface area contributed by atoms with Crippen LogP contribution in [0.2, 0.25) is 5.02 Å². The van der Waals surface area contributed by atoms with Crippen molar-refractivity contribution in [2.75, 3.05) is 0 Å². The average molecular weight is 278 g/mol. The molecule has 5 heteroatoms. The molecule has 0 fully saturated rings. The molecule has 2 aromatic rings. The van der Waals surface area contributed by atoms with Crippen LogP contribution in [0.3, 0.4) is 0 Å². The fourth-order valence-corrected chi connectivity index (χ4v) is 1.48. The van der Waals surface area contributed by atoms with E-state index in [1.165, 1.54) is 0 Å². The van der Waals surface area contributed by atoms with Crippen LogP contribution in [-0.2, 0) is 11.3 Å². The summed E-state index contributed by atoms with van der Waals surface area (Å²) in [7, 11) is 0. The molecular weight excluding hydrogens is 266 g/mol. The number of carbonyl (C=O) groups excluding carboxylic acids is 1. The minimum atomic E-state index is -0.654. The smallest absolute Gasteiger partial charge is 0.440 e. The van der Waals surface area contributed by atoms with E-state index in [1.54, 1.807) is 24.3 Å². The highest BCUT2D eigenvalue weighted by Crippen LogP contribution is 2.14. The molecule has 0 saturated carbocycles. The normalized spacial score (nSPS) is 9.74. The van der Waals surface area contributed by atoms with Gasteiger partial charge in [0.15, 0.2) is 5.75 Å². The van der Waals surface area contributed by atoms with Crippen LogP contribution in [0, 0.1) is 0 Å². The summed E-state index contributed by atoms with van der Waals surface area (Å²) in [6.07, 6.45) is -0.654. The molecule has 0 saturated heterocycles. The van der Waals surface area contributed by atoms with Crippen LogP contribution in [-0.4, -0.2) is 6.09 Å². The van der Waals surface area contributed by atoms with Gasteiger partial charge in [-0.3, -0.25) is 0 Å². The van der Waals surface area contributed by atoms with Crippen molar-refractivity contribution in [3.63, 3.8) is 0 Å². The van der Waals surface area contributed by atoms with E-state index < -0.39 is 6.09 Å². The SMILES string of the molecule is O=C(NOc1ccc(Cl)cc1)OCc1ccccc1. The summed E-state index contributed by atoms with van der Waals surface area (Å²) in [6.45, 7) is 0.191. The molecule has 0 heterocycles. The summed E-state index contributed by atoms with van der Waals surface area (Å²) >= 11 is 5.72. The number of ether oxygens (including phenoxy) is 1. The van der Waals surface area contributed by atoms with E-state index in [0.717, 1.165) is 5.56 Å². The van der Waals surface area contributed by atoms with E-state index in [2.05, 4.69) is 5.48 Å². The third kappa shape index (κ3) is 4.52. The lowest BCUT2D eigenvalue weighted by molar-refractivity contribution is 0.0947. The lowest BCUT2D eigenvalue weighted by atomic mass is 10.2. The van der Waals surface area contributed by atoms with E-state index in [0.29, 0.717) is 10.8 Å². The maximum Gasteiger partial charge on any atom is 0.440 e. The van der Waals surface area contributed by atoms with Crippen molar-refractivity contribution in [3.8, 4) is 5.75 Å². The monoisotopic (exact) mass is 277 g/mol. The molecule has 0 spiro atoms. The van der Waals surface area contributed by atoms with Crippen molar-refractivity contribution in [2.24, 2.45) is 0 Å². The van der Waals surface area contributed by atoms with Gasteiger partial charge in [-0.1, -0.05) is 41.9 Å². The average Bonchev–Trinajstić information content (AvgIpc) is 2.45. The number of amides is 1. The molecule has 0 radical (unpaired) electrons. The van der Waals surface area contributed by atoms with E-state index >= 15 is 0 Å². The van der Waals surface area contributed by atoms with Crippen LogP contribution in [0.4, 0.5) is 4.79 Å². The number of hydrogen-bond donors (Lipinski definition) is 1. The molecule has 0 bridgehead atoms. The Hall–Kier alpha value is -2.20. The highest BCUT2D eigenvalue weighted by Gasteiger charge is 2.03. The predicted molar refractivity (Wildman–Crippen MR) is 71.8 cm³/mol. The molecule has 0 aliphatic carbocycles. The Morgan fingerprint density at radius 3 is 2.42 bits per heavy atom. The van der Waals surface area contributed by atoms with Gasteiger partial charge >= 0.3 is 6.09 Å². The summed E-state index contributed by atoms with van der Waals surface area (Å²) < 4.78 is 4.97. The maximum atomic E-state index is 11.4. The number of hydrogen-bond acceptors (Lipinski definition) is 3. The van der Waals surface area contributed by atoms with Gasteiger partial charge in [-0.15, -0.1) is 0 Å². The standard InChI is InChI=1S/C14H12ClNO3/c15-12-6-8-13(9-7-12)19-16-14(17)18-10-11-4-2-1-3-5-11/h1-9H,10H2,(H,16,17). The second-order valence-electron chi connectivity index (χ2n) is 3.72. The number of carbonyl (C=O) groups is 1. The molecule has 0 aromatic heterocycles. The first kappa shape index (κ1) is 13.2. The van der Waals surface area contributed by atoms with Gasteiger partial charge in [0.2, 0.25) is 0 Å². The van der Waals surface area contributed by atoms with Gasteiger partial charge in [0.1, 0.15) is 6.61 Å². The van der Waals surface area contributed by atoms with E-state index in [1.807, 2.05) is 30.3 Å². The Morgan fingerprint density at radius 1 is 1.05 bits per heavy atom. The zero-order chi connectivity index (χ0) is 13.5. The van der Waals surface area contributed by atoms with Gasteiger partial charge < -0.3 is 9.57 Å². The lowest BCUT2D eigenvalue weighted by Gasteiger charge is -2.08. The van der Waals surface area contributed by atoms with Crippen molar-refractivity contribution in [2.45, 2.75) is 6.61 Å². The molecule has 2 rings (SSSR count). The summed E-state index contributed by atoms with van der Waals surface area (Å²) in [5.74, 6) is 0.473. The maximum absolute atomic E-state index is 11.4. The Labute approximate surface area is 115 Å². The quantitative estimate of drug-likeness (QED) is 0.869. The number of nitrogens with one attached hydrogen (secondary N) is 1. The highest BCUT2D eigenvalue weighted by atomic mass is 35.5.